The molecule has 1 aromatic carbocycles. The van der Waals surface area contributed by atoms with Gasteiger partial charge in [0.05, 0.1) is 32.6 Å². The molecule has 1 aliphatic rings. The average Bonchev–Trinajstić information content (AvgIpc) is 2.63. The SMILES string of the molecule is COc1ccc(-c2cc(C)c(=O)n(CCN3CCOCC3)n2)cc1.Cl. The van der Waals surface area contributed by atoms with Crippen molar-refractivity contribution in [1.82, 2.24) is 14.7 Å². The molecular weight excluding hydrogens is 342 g/mol. The van der Waals surface area contributed by atoms with Crippen LogP contribution >= 0.6 is 12.4 Å². The van der Waals surface area contributed by atoms with Gasteiger partial charge in [-0.15, -0.1) is 12.4 Å². The van der Waals surface area contributed by atoms with E-state index in [1.807, 2.05) is 37.3 Å². The Labute approximate surface area is 153 Å². The highest BCUT2D eigenvalue weighted by atomic mass is 35.5. The first-order valence-corrected chi connectivity index (χ1v) is 8.20. The third-order valence-electron chi connectivity index (χ3n) is 4.27. The van der Waals surface area contributed by atoms with Crippen molar-refractivity contribution in [3.05, 3.63) is 46.2 Å². The highest BCUT2D eigenvalue weighted by molar-refractivity contribution is 5.85. The molecular formula is C18H24ClN3O3. The van der Waals surface area contributed by atoms with E-state index in [1.165, 1.54) is 0 Å². The molecule has 3 rings (SSSR count). The van der Waals surface area contributed by atoms with E-state index in [-0.39, 0.29) is 18.0 Å². The van der Waals surface area contributed by atoms with Gasteiger partial charge in [0.15, 0.2) is 0 Å². The molecule has 1 aromatic heterocycles. The summed E-state index contributed by atoms with van der Waals surface area (Å²) in [5, 5.41) is 4.55. The van der Waals surface area contributed by atoms with E-state index in [0.29, 0.717) is 12.1 Å². The maximum absolute atomic E-state index is 12.4. The number of rotatable bonds is 5. The number of aromatic nitrogens is 2. The number of hydrogen-bond acceptors (Lipinski definition) is 5. The normalized spacial score (nSPS) is 14.8. The highest BCUT2D eigenvalue weighted by Crippen LogP contribution is 2.20. The molecule has 0 spiro atoms. The minimum absolute atomic E-state index is 0. The van der Waals surface area contributed by atoms with Gasteiger partial charge in [-0.3, -0.25) is 9.69 Å². The topological polar surface area (TPSA) is 56.6 Å². The molecule has 136 valence electrons. The Morgan fingerprint density at radius 2 is 1.84 bits per heavy atom. The van der Waals surface area contributed by atoms with Crippen molar-refractivity contribution in [2.75, 3.05) is 40.0 Å². The Bertz CT molecular complexity index is 740. The number of ether oxygens (including phenoxy) is 2. The van der Waals surface area contributed by atoms with Gasteiger partial charge in [-0.1, -0.05) is 0 Å². The fraction of sp³-hybridized carbons (Fsp3) is 0.444. The van der Waals surface area contributed by atoms with Crippen molar-refractivity contribution in [1.29, 1.82) is 0 Å². The van der Waals surface area contributed by atoms with Crippen molar-refractivity contribution in [2.45, 2.75) is 13.5 Å². The van der Waals surface area contributed by atoms with Crippen LogP contribution in [0.2, 0.25) is 0 Å². The lowest BCUT2D eigenvalue weighted by Gasteiger charge is -2.26. The van der Waals surface area contributed by atoms with E-state index in [1.54, 1.807) is 11.8 Å². The number of benzene rings is 1. The van der Waals surface area contributed by atoms with Crippen molar-refractivity contribution >= 4 is 12.4 Å². The average molecular weight is 366 g/mol. The fourth-order valence-electron chi connectivity index (χ4n) is 2.79. The van der Waals surface area contributed by atoms with E-state index < -0.39 is 0 Å². The van der Waals surface area contributed by atoms with Gasteiger partial charge in [-0.25, -0.2) is 4.68 Å². The molecule has 0 N–H and O–H groups in total. The Kier molecular flexibility index (Phi) is 6.99. The minimum atomic E-state index is -0.0273. The molecule has 1 fully saturated rings. The lowest BCUT2D eigenvalue weighted by atomic mass is 10.1. The zero-order chi connectivity index (χ0) is 16.9. The molecule has 7 heteroatoms. The second-order valence-corrected chi connectivity index (χ2v) is 5.92. The fourth-order valence-corrected chi connectivity index (χ4v) is 2.79. The highest BCUT2D eigenvalue weighted by Gasteiger charge is 2.12. The van der Waals surface area contributed by atoms with Crippen LogP contribution in [0.5, 0.6) is 5.75 Å². The summed E-state index contributed by atoms with van der Waals surface area (Å²) in [7, 11) is 1.64. The summed E-state index contributed by atoms with van der Waals surface area (Å²) in [5.74, 6) is 0.802. The van der Waals surface area contributed by atoms with Crippen LogP contribution in [0.1, 0.15) is 5.56 Å². The first-order chi connectivity index (χ1) is 11.7. The third kappa shape index (κ3) is 4.81. The van der Waals surface area contributed by atoms with Crippen molar-refractivity contribution < 1.29 is 9.47 Å². The monoisotopic (exact) mass is 365 g/mol. The summed E-state index contributed by atoms with van der Waals surface area (Å²) in [6.07, 6.45) is 0. The Morgan fingerprint density at radius 1 is 1.16 bits per heavy atom. The standard InChI is InChI=1S/C18H23N3O3.ClH/c1-14-13-17(15-3-5-16(23-2)6-4-15)19-21(18(14)22)8-7-20-9-11-24-12-10-20;/h3-6,13H,7-12H2,1-2H3;1H. The molecule has 0 unspecified atom stereocenters. The Balaban J connectivity index is 0.00000225. The van der Waals surface area contributed by atoms with Gasteiger partial charge in [0.1, 0.15) is 5.75 Å². The second-order valence-electron chi connectivity index (χ2n) is 5.92. The summed E-state index contributed by atoms with van der Waals surface area (Å²) >= 11 is 0. The molecule has 0 bridgehead atoms. The maximum atomic E-state index is 12.4. The molecule has 0 amide bonds. The molecule has 0 atom stereocenters. The summed E-state index contributed by atoms with van der Waals surface area (Å²) in [6.45, 7) is 6.56. The summed E-state index contributed by atoms with van der Waals surface area (Å²) in [4.78, 5) is 14.7. The van der Waals surface area contributed by atoms with E-state index in [9.17, 15) is 4.79 Å². The lowest BCUT2D eigenvalue weighted by molar-refractivity contribution is 0.0358. The van der Waals surface area contributed by atoms with Crippen LogP contribution in [-0.4, -0.2) is 54.6 Å². The van der Waals surface area contributed by atoms with Crippen LogP contribution in [0, 0.1) is 6.92 Å². The molecule has 25 heavy (non-hydrogen) atoms. The number of aryl methyl sites for hydroxylation is 1. The molecule has 1 aliphatic heterocycles. The van der Waals surface area contributed by atoms with E-state index >= 15 is 0 Å². The van der Waals surface area contributed by atoms with Gasteiger partial charge in [-0.05, 0) is 37.3 Å². The molecule has 2 heterocycles. The number of hydrogen-bond donors (Lipinski definition) is 0. The minimum Gasteiger partial charge on any atom is -0.497 e. The van der Waals surface area contributed by atoms with E-state index in [2.05, 4.69) is 10.00 Å². The van der Waals surface area contributed by atoms with Crippen LogP contribution in [0.4, 0.5) is 0 Å². The Hall–Kier alpha value is -1.89. The first kappa shape index (κ1) is 19.4. The molecule has 0 saturated carbocycles. The van der Waals surface area contributed by atoms with Crippen LogP contribution in [0.3, 0.4) is 0 Å². The second kappa shape index (κ2) is 8.99. The zero-order valence-corrected chi connectivity index (χ0v) is 15.4. The molecule has 0 aliphatic carbocycles. The zero-order valence-electron chi connectivity index (χ0n) is 14.6. The number of nitrogens with zero attached hydrogens (tertiary/aromatic N) is 3. The summed E-state index contributed by atoms with van der Waals surface area (Å²) in [5.41, 5.74) is 2.45. The quantitative estimate of drug-likeness (QED) is 0.811. The van der Waals surface area contributed by atoms with Gasteiger partial charge in [-0.2, -0.15) is 5.10 Å². The molecule has 1 saturated heterocycles. The van der Waals surface area contributed by atoms with Crippen LogP contribution in [0.15, 0.2) is 35.1 Å². The van der Waals surface area contributed by atoms with Crippen LogP contribution < -0.4 is 10.3 Å². The number of methoxy groups -OCH3 is 1. The predicted octanol–water partition coefficient (Wildman–Crippen LogP) is 1.98. The van der Waals surface area contributed by atoms with E-state index in [4.69, 9.17) is 9.47 Å². The lowest BCUT2D eigenvalue weighted by Crippen LogP contribution is -2.40. The smallest absolute Gasteiger partial charge is 0.269 e. The largest absolute Gasteiger partial charge is 0.497 e. The van der Waals surface area contributed by atoms with Crippen molar-refractivity contribution in [3.8, 4) is 17.0 Å². The summed E-state index contributed by atoms with van der Waals surface area (Å²) in [6, 6.07) is 9.55. The van der Waals surface area contributed by atoms with Crippen LogP contribution in [-0.2, 0) is 11.3 Å². The molecule has 6 nitrogen and oxygen atoms in total. The Morgan fingerprint density at radius 3 is 2.48 bits per heavy atom. The van der Waals surface area contributed by atoms with Crippen LogP contribution in [0.25, 0.3) is 11.3 Å². The third-order valence-corrected chi connectivity index (χ3v) is 4.27. The van der Waals surface area contributed by atoms with Gasteiger partial charge < -0.3 is 9.47 Å². The predicted molar refractivity (Wildman–Crippen MR) is 99.7 cm³/mol. The van der Waals surface area contributed by atoms with Gasteiger partial charge >= 0.3 is 0 Å². The van der Waals surface area contributed by atoms with Gasteiger partial charge in [0.25, 0.3) is 5.56 Å². The van der Waals surface area contributed by atoms with Gasteiger partial charge in [0, 0.05) is 30.8 Å². The molecule has 0 radical (unpaired) electrons. The number of halogens is 1. The summed E-state index contributed by atoms with van der Waals surface area (Å²) < 4.78 is 12.1. The van der Waals surface area contributed by atoms with Crippen molar-refractivity contribution in [2.24, 2.45) is 0 Å². The van der Waals surface area contributed by atoms with E-state index in [0.717, 1.165) is 49.9 Å². The van der Waals surface area contributed by atoms with Crippen molar-refractivity contribution in [3.63, 3.8) is 0 Å². The first-order valence-electron chi connectivity index (χ1n) is 8.20. The number of morpholine rings is 1. The van der Waals surface area contributed by atoms with Gasteiger partial charge in [0.2, 0.25) is 0 Å². The molecule has 2 aromatic rings. The maximum Gasteiger partial charge on any atom is 0.269 e.